The second-order valence-corrected chi connectivity index (χ2v) is 3.58. The Kier molecular flexibility index (Phi) is 1.60. The maximum absolute atomic E-state index is 11.4. The summed E-state index contributed by atoms with van der Waals surface area (Å²) in [7, 11) is 1.90. The topological polar surface area (TPSA) is 32.3 Å². The van der Waals surface area contributed by atoms with Crippen LogP contribution in [0.3, 0.4) is 0 Å². The van der Waals surface area contributed by atoms with E-state index in [1.165, 1.54) is 0 Å². The van der Waals surface area contributed by atoms with E-state index in [9.17, 15) is 4.79 Å². The number of fused-ring (bicyclic) bond motifs is 1. The standard InChI is InChI=1S/C8H14N2O/c1-10-5-6-4-9-3-2-7(6)8(10)11/h6-7,9H,2-5H2,1H3/t6-,7-/m0/s1. The molecule has 0 aliphatic carbocycles. The van der Waals surface area contributed by atoms with Crippen molar-refractivity contribution in [3.63, 3.8) is 0 Å². The summed E-state index contributed by atoms with van der Waals surface area (Å²) in [6.45, 7) is 3.00. The Bertz CT molecular complexity index is 181. The molecule has 11 heavy (non-hydrogen) atoms. The molecule has 0 bridgehead atoms. The molecule has 0 spiro atoms. The van der Waals surface area contributed by atoms with E-state index in [-0.39, 0.29) is 0 Å². The van der Waals surface area contributed by atoms with Gasteiger partial charge < -0.3 is 10.2 Å². The minimum atomic E-state index is 0.334. The number of piperidine rings is 1. The molecular formula is C8H14N2O. The normalized spacial score (nSPS) is 37.5. The highest BCUT2D eigenvalue weighted by Gasteiger charge is 2.39. The fourth-order valence-corrected chi connectivity index (χ4v) is 2.16. The summed E-state index contributed by atoms with van der Waals surface area (Å²) in [6.07, 6.45) is 1.04. The van der Waals surface area contributed by atoms with E-state index in [4.69, 9.17) is 0 Å². The van der Waals surface area contributed by atoms with Crippen LogP contribution in [0.5, 0.6) is 0 Å². The van der Waals surface area contributed by atoms with Gasteiger partial charge in [0, 0.05) is 32.0 Å². The van der Waals surface area contributed by atoms with Gasteiger partial charge in [-0.15, -0.1) is 0 Å². The molecule has 0 aromatic heterocycles. The van der Waals surface area contributed by atoms with Gasteiger partial charge in [-0.1, -0.05) is 0 Å². The van der Waals surface area contributed by atoms with Crippen molar-refractivity contribution in [1.82, 2.24) is 10.2 Å². The van der Waals surface area contributed by atoms with Gasteiger partial charge in [-0.05, 0) is 13.0 Å². The number of rotatable bonds is 0. The molecule has 0 saturated carbocycles. The van der Waals surface area contributed by atoms with Gasteiger partial charge in [0.15, 0.2) is 0 Å². The number of nitrogens with zero attached hydrogens (tertiary/aromatic N) is 1. The molecule has 0 radical (unpaired) electrons. The molecule has 0 aromatic carbocycles. The van der Waals surface area contributed by atoms with Crippen LogP contribution in [0.15, 0.2) is 0 Å². The second kappa shape index (κ2) is 2.48. The first-order valence-electron chi connectivity index (χ1n) is 4.25. The van der Waals surface area contributed by atoms with Gasteiger partial charge in [-0.25, -0.2) is 0 Å². The molecule has 2 aliphatic rings. The van der Waals surface area contributed by atoms with Crippen molar-refractivity contribution in [2.45, 2.75) is 6.42 Å². The molecule has 2 aliphatic heterocycles. The van der Waals surface area contributed by atoms with E-state index >= 15 is 0 Å². The molecule has 2 fully saturated rings. The molecule has 0 unspecified atom stereocenters. The lowest BCUT2D eigenvalue weighted by atomic mass is 9.89. The Hall–Kier alpha value is -0.570. The second-order valence-electron chi connectivity index (χ2n) is 3.58. The number of carbonyl (C=O) groups excluding carboxylic acids is 1. The molecule has 0 aromatic rings. The third-order valence-corrected chi connectivity index (χ3v) is 2.81. The summed E-state index contributed by atoms with van der Waals surface area (Å²) in [5, 5.41) is 3.32. The fourth-order valence-electron chi connectivity index (χ4n) is 2.16. The minimum absolute atomic E-state index is 0.334. The molecule has 1 N–H and O–H groups in total. The first-order chi connectivity index (χ1) is 5.29. The van der Waals surface area contributed by atoms with E-state index in [0.29, 0.717) is 17.7 Å². The quantitative estimate of drug-likeness (QED) is 0.519. The van der Waals surface area contributed by atoms with Crippen LogP contribution in [0.2, 0.25) is 0 Å². The maximum atomic E-state index is 11.4. The van der Waals surface area contributed by atoms with Gasteiger partial charge >= 0.3 is 0 Å². The fraction of sp³-hybridized carbons (Fsp3) is 0.875. The number of likely N-dealkylation sites (tertiary alicyclic amines) is 1. The van der Waals surface area contributed by atoms with Crippen LogP contribution in [0.4, 0.5) is 0 Å². The molecule has 2 atom stereocenters. The van der Waals surface area contributed by atoms with Crippen LogP contribution in [-0.4, -0.2) is 37.5 Å². The summed E-state index contributed by atoms with van der Waals surface area (Å²) >= 11 is 0. The van der Waals surface area contributed by atoms with E-state index in [1.807, 2.05) is 11.9 Å². The molecule has 3 heteroatoms. The first kappa shape index (κ1) is 7.10. The SMILES string of the molecule is CN1C[C@@H]2CNCC[C@@H]2C1=O. The number of nitrogens with one attached hydrogen (secondary N) is 1. The van der Waals surface area contributed by atoms with E-state index in [0.717, 1.165) is 26.1 Å². The van der Waals surface area contributed by atoms with Crippen molar-refractivity contribution >= 4 is 5.91 Å². The van der Waals surface area contributed by atoms with Crippen molar-refractivity contribution in [3.05, 3.63) is 0 Å². The van der Waals surface area contributed by atoms with Gasteiger partial charge in [-0.3, -0.25) is 4.79 Å². The lowest BCUT2D eigenvalue weighted by Gasteiger charge is -2.22. The van der Waals surface area contributed by atoms with Crippen LogP contribution in [-0.2, 0) is 4.79 Å². The van der Waals surface area contributed by atoms with Gasteiger partial charge in [0.1, 0.15) is 0 Å². The zero-order valence-electron chi connectivity index (χ0n) is 6.84. The van der Waals surface area contributed by atoms with E-state index < -0.39 is 0 Å². The number of hydrogen-bond acceptors (Lipinski definition) is 2. The zero-order chi connectivity index (χ0) is 7.84. The molecule has 2 heterocycles. The smallest absolute Gasteiger partial charge is 0.225 e. The third kappa shape index (κ3) is 1.03. The molecule has 62 valence electrons. The van der Waals surface area contributed by atoms with Crippen LogP contribution in [0.1, 0.15) is 6.42 Å². The number of hydrogen-bond donors (Lipinski definition) is 1. The highest BCUT2D eigenvalue weighted by atomic mass is 16.2. The Morgan fingerprint density at radius 1 is 1.64 bits per heavy atom. The predicted molar refractivity (Wildman–Crippen MR) is 42.1 cm³/mol. The van der Waals surface area contributed by atoms with Crippen LogP contribution in [0.25, 0.3) is 0 Å². The van der Waals surface area contributed by atoms with E-state index in [1.54, 1.807) is 0 Å². The average molecular weight is 154 g/mol. The largest absolute Gasteiger partial charge is 0.345 e. The molecule has 2 saturated heterocycles. The summed E-state index contributed by atoms with van der Waals surface area (Å²) in [5.74, 6) is 1.28. The Labute approximate surface area is 66.8 Å². The van der Waals surface area contributed by atoms with E-state index in [2.05, 4.69) is 5.32 Å². The number of amides is 1. The Morgan fingerprint density at radius 2 is 2.45 bits per heavy atom. The first-order valence-corrected chi connectivity index (χ1v) is 4.25. The van der Waals surface area contributed by atoms with Gasteiger partial charge in [0.25, 0.3) is 0 Å². The summed E-state index contributed by atoms with van der Waals surface area (Å²) in [6, 6.07) is 0. The predicted octanol–water partition coefficient (Wildman–Crippen LogP) is -0.316. The average Bonchev–Trinajstić information content (AvgIpc) is 2.30. The maximum Gasteiger partial charge on any atom is 0.225 e. The summed E-state index contributed by atoms with van der Waals surface area (Å²) < 4.78 is 0. The van der Waals surface area contributed by atoms with Gasteiger partial charge in [-0.2, -0.15) is 0 Å². The Morgan fingerprint density at radius 3 is 3.18 bits per heavy atom. The van der Waals surface area contributed by atoms with Crippen LogP contribution >= 0.6 is 0 Å². The Balaban J connectivity index is 2.11. The molecule has 2 rings (SSSR count). The lowest BCUT2D eigenvalue weighted by molar-refractivity contribution is -0.130. The lowest BCUT2D eigenvalue weighted by Crippen LogP contribution is -2.36. The van der Waals surface area contributed by atoms with Crippen LogP contribution < -0.4 is 5.32 Å². The minimum Gasteiger partial charge on any atom is -0.345 e. The van der Waals surface area contributed by atoms with Crippen molar-refractivity contribution in [2.75, 3.05) is 26.7 Å². The third-order valence-electron chi connectivity index (χ3n) is 2.81. The van der Waals surface area contributed by atoms with Crippen molar-refractivity contribution in [1.29, 1.82) is 0 Å². The van der Waals surface area contributed by atoms with Crippen molar-refractivity contribution in [2.24, 2.45) is 11.8 Å². The molecular weight excluding hydrogens is 140 g/mol. The van der Waals surface area contributed by atoms with Crippen molar-refractivity contribution < 1.29 is 4.79 Å². The van der Waals surface area contributed by atoms with Crippen molar-refractivity contribution in [3.8, 4) is 0 Å². The molecule has 3 nitrogen and oxygen atoms in total. The summed E-state index contributed by atoms with van der Waals surface area (Å²) in [4.78, 5) is 13.3. The monoisotopic (exact) mass is 154 g/mol. The summed E-state index contributed by atoms with van der Waals surface area (Å²) in [5.41, 5.74) is 0. The van der Waals surface area contributed by atoms with Crippen LogP contribution in [0, 0.1) is 11.8 Å². The van der Waals surface area contributed by atoms with Gasteiger partial charge in [0.2, 0.25) is 5.91 Å². The zero-order valence-corrected chi connectivity index (χ0v) is 6.84. The van der Waals surface area contributed by atoms with Gasteiger partial charge in [0.05, 0.1) is 0 Å². The number of carbonyl (C=O) groups is 1. The molecule has 1 amide bonds. The highest BCUT2D eigenvalue weighted by molar-refractivity contribution is 5.81. The highest BCUT2D eigenvalue weighted by Crippen LogP contribution is 2.27.